The molecule has 2 fully saturated rings. The van der Waals surface area contributed by atoms with Gasteiger partial charge in [-0.2, -0.15) is 0 Å². The maximum atomic E-state index is 14.0. The summed E-state index contributed by atoms with van der Waals surface area (Å²) < 4.78 is 21.2. The number of alkyl carbamates (subject to hydrolysis) is 2. The summed E-state index contributed by atoms with van der Waals surface area (Å²) in [5, 5.41) is 18.0. The summed E-state index contributed by atoms with van der Waals surface area (Å²) in [6.45, 7) is 4.45. The van der Waals surface area contributed by atoms with E-state index < -0.39 is 71.3 Å². The van der Waals surface area contributed by atoms with Gasteiger partial charge in [-0.15, -0.1) is 0 Å². The van der Waals surface area contributed by atoms with Crippen molar-refractivity contribution in [2.24, 2.45) is 17.6 Å². The van der Waals surface area contributed by atoms with Gasteiger partial charge in [0.1, 0.15) is 24.4 Å². The fourth-order valence-corrected chi connectivity index (χ4v) is 10.6. The van der Waals surface area contributed by atoms with Crippen LogP contribution < -0.4 is 21.7 Å². The van der Waals surface area contributed by atoms with Gasteiger partial charge >= 0.3 is 18.2 Å². The first kappa shape index (κ1) is 82.4. The van der Waals surface area contributed by atoms with E-state index in [0.29, 0.717) is 26.1 Å². The van der Waals surface area contributed by atoms with Gasteiger partial charge in [-0.3, -0.25) is 28.8 Å². The quantitative estimate of drug-likeness (QED) is 0.0253. The number of amides is 3. The summed E-state index contributed by atoms with van der Waals surface area (Å²) in [5.74, 6) is -4.01. The van der Waals surface area contributed by atoms with Gasteiger partial charge in [0.05, 0.1) is 43.3 Å². The average Bonchev–Trinajstić information content (AvgIpc) is 1.52. The van der Waals surface area contributed by atoms with Crippen molar-refractivity contribution in [3.05, 3.63) is 287 Å². The molecule has 518 valence electrons. The standard InChI is InChI=1S/C39H40N2O6.C27H27NO5.C12H15NO2.2CH4.2V/c1-39(27-47-39)36(43)34(24-30-18-10-4-11-19-30)40-37(44)32(22-28-14-6-2-7-15-28)25-35(42)33(23-29-16-8-3-9-17-29)41-38(45)46-26-31-20-12-5-13-21-31;29-25(18-23(26(30)31)16-20-10-4-1-5-11-20)24(17-21-12-6-2-7-13-21)28-27(32)33-19-22-14-8-3-9-15-22;1-12(8-15-12)11(14)10(13)7-9-5-3-2-4-6-9;;;;/h2-21,32-34H,22-27H2,1H3,(H,40,44)(H,41,45);1-15,23-24H,16-19H2,(H,28,32)(H,30,31);2-6,10H,7-8,13H2,1H3;2*1H4;;/t32-,33-,34+,39-;23-,24-;10-,12+;;;;/m110..../s1. The van der Waals surface area contributed by atoms with E-state index in [2.05, 4.69) is 16.0 Å². The Morgan fingerprint density at radius 1 is 0.394 bits per heavy atom. The molecule has 0 unspecified atom stereocenters. The molecule has 17 nitrogen and oxygen atoms in total. The molecular formula is C80H90N4O13V2. The third kappa shape index (κ3) is 28.0. The number of hydrogen-bond acceptors (Lipinski definition) is 13. The van der Waals surface area contributed by atoms with Gasteiger partial charge in [-0.1, -0.05) is 258 Å². The number of nitrogens with one attached hydrogen (secondary N) is 3. The largest absolute Gasteiger partial charge is 0.481 e. The minimum Gasteiger partial charge on any atom is -0.481 e. The molecule has 10 rings (SSSR count). The molecule has 2 aliphatic rings. The molecule has 2 aliphatic heterocycles. The molecule has 3 amide bonds. The third-order valence-corrected chi connectivity index (χ3v) is 16.4. The molecule has 8 aromatic rings. The summed E-state index contributed by atoms with van der Waals surface area (Å²) in [5.41, 5.74) is 11.3. The Hall–Kier alpha value is -9.03. The van der Waals surface area contributed by atoms with Crippen LogP contribution in [0.2, 0.25) is 0 Å². The molecule has 0 saturated carbocycles. The molecule has 2 heterocycles. The zero-order valence-corrected chi connectivity index (χ0v) is 57.2. The normalized spacial score (nSPS) is 16.2. The van der Waals surface area contributed by atoms with Gasteiger partial charge in [0.2, 0.25) is 5.91 Å². The van der Waals surface area contributed by atoms with Crippen LogP contribution in [0.5, 0.6) is 0 Å². The van der Waals surface area contributed by atoms with E-state index in [4.69, 9.17) is 24.7 Å². The second-order valence-electron chi connectivity index (χ2n) is 24.2. The Labute approximate surface area is 605 Å². The summed E-state index contributed by atoms with van der Waals surface area (Å²) in [4.78, 5) is 104. The Bertz CT molecular complexity index is 3750. The number of carboxylic acid groups (broad SMARTS) is 1. The van der Waals surface area contributed by atoms with Gasteiger partial charge in [-0.05, 0) is 96.9 Å². The molecular weight excluding hydrogens is 1330 g/mol. The minimum atomic E-state index is -1.04. The van der Waals surface area contributed by atoms with E-state index in [-0.39, 0.29) is 127 Å². The van der Waals surface area contributed by atoms with Gasteiger partial charge in [-0.25, -0.2) is 9.59 Å². The number of ether oxygens (including phenoxy) is 4. The maximum Gasteiger partial charge on any atom is 0.408 e. The van der Waals surface area contributed by atoms with Crippen molar-refractivity contribution < 1.29 is 99.5 Å². The van der Waals surface area contributed by atoms with Gasteiger partial charge in [0, 0.05) is 55.9 Å². The first-order chi connectivity index (χ1) is 45.9. The summed E-state index contributed by atoms with van der Waals surface area (Å²) in [6.07, 6.45) is 0.0649. The number of carbonyl (C=O) groups is 8. The molecule has 2 radical (unpaired) electrons. The average molecular weight is 1420 g/mol. The third-order valence-electron chi connectivity index (χ3n) is 16.4. The molecule has 0 aromatic heterocycles. The van der Waals surface area contributed by atoms with Crippen LogP contribution in [0, 0.1) is 11.8 Å². The molecule has 0 bridgehead atoms. The molecule has 19 heteroatoms. The zero-order chi connectivity index (χ0) is 67.4. The second-order valence-corrected chi connectivity index (χ2v) is 24.2. The molecule has 8 atom stereocenters. The number of ketones is 4. The molecule has 6 N–H and O–H groups in total. The van der Waals surface area contributed by atoms with Gasteiger partial charge in [0.25, 0.3) is 0 Å². The molecule has 8 aromatic carbocycles. The second kappa shape index (κ2) is 42.0. The van der Waals surface area contributed by atoms with E-state index in [0.717, 1.165) is 44.5 Å². The van der Waals surface area contributed by atoms with Gasteiger partial charge < -0.3 is 45.7 Å². The van der Waals surface area contributed by atoms with Crippen LogP contribution >= 0.6 is 0 Å². The van der Waals surface area contributed by atoms with Crippen LogP contribution in [0.1, 0.15) is 86.1 Å². The Morgan fingerprint density at radius 2 is 0.657 bits per heavy atom. The number of carboxylic acids is 1. The topological polar surface area (TPSA) is 262 Å². The first-order valence-corrected chi connectivity index (χ1v) is 31.8. The van der Waals surface area contributed by atoms with E-state index in [1.54, 1.807) is 13.8 Å². The van der Waals surface area contributed by atoms with Crippen LogP contribution in [-0.2, 0) is 137 Å². The molecule has 99 heavy (non-hydrogen) atoms. The number of epoxide rings is 2. The number of carbonyl (C=O) groups excluding carboxylic acids is 7. The molecule has 0 spiro atoms. The Kier molecular flexibility index (Phi) is 35.0. The Morgan fingerprint density at radius 3 is 0.970 bits per heavy atom. The number of nitrogens with two attached hydrogens (primary N) is 1. The van der Waals surface area contributed by atoms with Crippen molar-refractivity contribution >= 4 is 47.2 Å². The smallest absolute Gasteiger partial charge is 0.408 e. The summed E-state index contributed by atoms with van der Waals surface area (Å²) in [6, 6.07) is 71.9. The summed E-state index contributed by atoms with van der Waals surface area (Å²) >= 11 is 0. The summed E-state index contributed by atoms with van der Waals surface area (Å²) in [7, 11) is 0. The molecule has 2 saturated heterocycles. The number of rotatable bonds is 31. The number of benzene rings is 8. The maximum absolute atomic E-state index is 14.0. The van der Waals surface area contributed by atoms with Crippen LogP contribution in [0.15, 0.2) is 243 Å². The number of Topliss-reactive ketones (excluding diaryl/α,β-unsaturated/α-hetero) is 4. The van der Waals surface area contributed by atoms with E-state index in [9.17, 15) is 43.5 Å². The Balaban J connectivity index is 0.000000347. The monoisotopic (exact) mass is 1420 g/mol. The number of aliphatic carboxylic acids is 1. The van der Waals surface area contributed by atoms with Crippen LogP contribution in [-0.4, -0.2) is 101 Å². The fraction of sp³-hybridized carbons (Fsp3) is 0.300. The van der Waals surface area contributed by atoms with E-state index in [1.165, 1.54) is 0 Å². The van der Waals surface area contributed by atoms with Crippen molar-refractivity contribution in [1.82, 2.24) is 16.0 Å². The minimum absolute atomic E-state index is 0. The zero-order valence-electron chi connectivity index (χ0n) is 54.4. The van der Waals surface area contributed by atoms with Crippen molar-refractivity contribution in [3.8, 4) is 0 Å². The number of hydrogen-bond donors (Lipinski definition) is 5. The predicted molar refractivity (Wildman–Crippen MR) is 374 cm³/mol. The van der Waals surface area contributed by atoms with E-state index >= 15 is 0 Å². The first-order valence-electron chi connectivity index (χ1n) is 31.8. The fourth-order valence-electron chi connectivity index (χ4n) is 10.6. The van der Waals surface area contributed by atoms with Crippen molar-refractivity contribution in [3.63, 3.8) is 0 Å². The van der Waals surface area contributed by atoms with Crippen LogP contribution in [0.25, 0.3) is 0 Å². The molecule has 0 aliphatic carbocycles. The van der Waals surface area contributed by atoms with Gasteiger partial charge in [0.15, 0.2) is 23.1 Å². The van der Waals surface area contributed by atoms with Crippen LogP contribution in [0.3, 0.4) is 0 Å². The van der Waals surface area contributed by atoms with Crippen LogP contribution in [0.4, 0.5) is 9.59 Å². The van der Waals surface area contributed by atoms with Crippen molar-refractivity contribution in [1.29, 1.82) is 0 Å². The predicted octanol–water partition coefficient (Wildman–Crippen LogP) is 12.0. The SMILES string of the molecule is C.C.C[C@]1(C(=O)[C@@H](N)Cc2ccccc2)CO1.C[C@]1(C(=O)[C@H](Cc2ccccc2)NC(=O)[C@@H](CC(=O)[C@@H](Cc2ccccc2)NC(=O)OCc2ccccc2)Cc2ccccc2)CO1.O=C(N[C@H](Cc1ccccc1)C(=O)C[C@@H](Cc1ccccc1)C(=O)O)OCc1ccccc1.[V].[V]. The van der Waals surface area contributed by atoms with Crippen molar-refractivity contribution in [2.45, 2.75) is 129 Å². The van der Waals surface area contributed by atoms with Crippen molar-refractivity contribution in [2.75, 3.05) is 13.2 Å². The van der Waals surface area contributed by atoms with E-state index in [1.807, 2.05) is 243 Å².